The molecule has 1 aromatic heterocycles. The average Bonchev–Trinajstić information content (AvgIpc) is 3.34. The molecule has 0 spiro atoms. The Morgan fingerprint density at radius 2 is 2.11 bits per heavy atom. The Balaban J connectivity index is 1.46. The fourth-order valence-electron chi connectivity index (χ4n) is 4.65. The van der Waals surface area contributed by atoms with Gasteiger partial charge in [-0.05, 0) is 32.6 Å². The van der Waals surface area contributed by atoms with Crippen LogP contribution in [0, 0.1) is 18.3 Å². The highest BCUT2D eigenvalue weighted by Gasteiger charge is 2.55. The van der Waals surface area contributed by atoms with E-state index >= 15 is 0 Å². The van der Waals surface area contributed by atoms with Crippen LogP contribution in [0.4, 0.5) is 4.79 Å². The normalized spacial score (nSPS) is 24.8. The standard InChI is InChI=1S/C21H25N3O3S/c1-13-17(28-18(22-13)15-7-4-3-5-8-15)14(2)23-20(27)24-11-16-9-6-10-21(16,12-24)19(25)26/h3-5,7-8,14,16H,6,9-12H2,1-2H3,(H,23,27)(H,25,26)/t14?,16-,21+/m0/s1. The van der Waals surface area contributed by atoms with E-state index in [9.17, 15) is 14.7 Å². The summed E-state index contributed by atoms with van der Waals surface area (Å²) in [5.41, 5.74) is 1.23. The summed E-state index contributed by atoms with van der Waals surface area (Å²) in [6, 6.07) is 9.64. The Labute approximate surface area is 168 Å². The lowest BCUT2D eigenvalue weighted by Crippen LogP contribution is -2.42. The number of aryl methyl sites for hydroxylation is 1. The molecule has 7 heteroatoms. The summed E-state index contributed by atoms with van der Waals surface area (Å²) < 4.78 is 0. The monoisotopic (exact) mass is 399 g/mol. The largest absolute Gasteiger partial charge is 0.481 e. The topological polar surface area (TPSA) is 82.5 Å². The summed E-state index contributed by atoms with van der Waals surface area (Å²) in [5, 5.41) is 13.7. The Kier molecular flexibility index (Phi) is 4.87. The van der Waals surface area contributed by atoms with Gasteiger partial charge in [-0.2, -0.15) is 0 Å². The number of carboxylic acid groups (broad SMARTS) is 1. The number of aromatic nitrogens is 1. The van der Waals surface area contributed by atoms with Gasteiger partial charge in [0.1, 0.15) is 5.01 Å². The van der Waals surface area contributed by atoms with Crippen molar-refractivity contribution < 1.29 is 14.7 Å². The maximum absolute atomic E-state index is 12.8. The molecule has 4 rings (SSSR count). The Bertz CT molecular complexity index is 898. The number of carbonyl (C=O) groups is 2. The molecule has 2 aromatic rings. The average molecular weight is 400 g/mol. The Morgan fingerprint density at radius 3 is 2.79 bits per heavy atom. The van der Waals surface area contributed by atoms with Crippen molar-refractivity contribution in [2.24, 2.45) is 11.3 Å². The maximum Gasteiger partial charge on any atom is 0.317 e. The second-order valence-corrected chi connectivity index (χ2v) is 8.97. The number of nitrogens with zero attached hydrogens (tertiary/aromatic N) is 2. The zero-order valence-electron chi connectivity index (χ0n) is 16.1. The van der Waals surface area contributed by atoms with E-state index in [1.165, 1.54) is 0 Å². The van der Waals surface area contributed by atoms with Crippen molar-refractivity contribution in [3.8, 4) is 10.6 Å². The van der Waals surface area contributed by atoms with Crippen molar-refractivity contribution in [3.05, 3.63) is 40.9 Å². The zero-order valence-corrected chi connectivity index (χ0v) is 17.0. The van der Waals surface area contributed by atoms with Gasteiger partial charge in [0.25, 0.3) is 0 Å². The molecule has 6 nitrogen and oxygen atoms in total. The molecule has 1 aromatic carbocycles. The molecule has 1 saturated carbocycles. The minimum atomic E-state index is -0.760. The number of rotatable bonds is 4. The second-order valence-electron chi connectivity index (χ2n) is 7.94. The Morgan fingerprint density at radius 1 is 1.36 bits per heavy atom. The van der Waals surface area contributed by atoms with Gasteiger partial charge in [-0.1, -0.05) is 36.8 Å². The summed E-state index contributed by atoms with van der Waals surface area (Å²) in [7, 11) is 0. The number of hydrogen-bond donors (Lipinski definition) is 2. The van der Waals surface area contributed by atoms with E-state index in [4.69, 9.17) is 0 Å². The molecule has 2 aliphatic rings. The maximum atomic E-state index is 12.8. The number of fused-ring (bicyclic) bond motifs is 1. The van der Waals surface area contributed by atoms with Crippen LogP contribution in [0.1, 0.15) is 42.8 Å². The molecule has 2 fully saturated rings. The Hall–Kier alpha value is -2.41. The second kappa shape index (κ2) is 7.20. The van der Waals surface area contributed by atoms with Crippen LogP contribution in [0.25, 0.3) is 10.6 Å². The number of amides is 2. The van der Waals surface area contributed by atoms with Crippen LogP contribution in [-0.2, 0) is 4.79 Å². The van der Waals surface area contributed by atoms with Crippen LogP contribution < -0.4 is 5.32 Å². The highest BCUT2D eigenvalue weighted by Crippen LogP contribution is 2.49. The highest BCUT2D eigenvalue weighted by atomic mass is 32.1. The van der Waals surface area contributed by atoms with E-state index < -0.39 is 11.4 Å². The molecule has 28 heavy (non-hydrogen) atoms. The number of carbonyl (C=O) groups excluding carboxylic acids is 1. The number of benzene rings is 1. The first-order valence-corrected chi connectivity index (χ1v) is 10.5. The number of aliphatic carboxylic acids is 1. The van der Waals surface area contributed by atoms with Gasteiger partial charge in [0.15, 0.2) is 0 Å². The first-order chi connectivity index (χ1) is 13.4. The van der Waals surface area contributed by atoms with Crippen molar-refractivity contribution in [2.45, 2.75) is 39.2 Å². The highest BCUT2D eigenvalue weighted by molar-refractivity contribution is 7.15. The molecular formula is C21H25N3O3S. The first kappa shape index (κ1) is 18.9. The third-order valence-corrected chi connectivity index (χ3v) is 7.56. The molecule has 1 aliphatic heterocycles. The van der Waals surface area contributed by atoms with Crippen molar-refractivity contribution in [3.63, 3.8) is 0 Å². The number of thiazole rings is 1. The number of likely N-dealkylation sites (tertiary alicyclic amines) is 1. The molecule has 3 atom stereocenters. The number of nitrogens with one attached hydrogen (secondary N) is 1. The number of carboxylic acids is 1. The van der Waals surface area contributed by atoms with Gasteiger partial charge in [0, 0.05) is 18.7 Å². The summed E-state index contributed by atoms with van der Waals surface area (Å²) in [5.74, 6) is -0.690. The van der Waals surface area contributed by atoms with Crippen LogP contribution in [0.15, 0.2) is 30.3 Å². The van der Waals surface area contributed by atoms with E-state index in [2.05, 4.69) is 10.3 Å². The summed E-state index contributed by atoms with van der Waals surface area (Å²) in [6.07, 6.45) is 2.49. The fourth-order valence-corrected chi connectivity index (χ4v) is 5.72. The van der Waals surface area contributed by atoms with E-state index in [0.29, 0.717) is 19.5 Å². The third kappa shape index (κ3) is 3.17. The van der Waals surface area contributed by atoms with Crippen LogP contribution in [-0.4, -0.2) is 40.1 Å². The van der Waals surface area contributed by atoms with E-state index in [1.54, 1.807) is 16.2 Å². The van der Waals surface area contributed by atoms with Crippen molar-refractivity contribution in [1.29, 1.82) is 0 Å². The lowest BCUT2D eigenvalue weighted by molar-refractivity contribution is -0.149. The zero-order chi connectivity index (χ0) is 19.9. The van der Waals surface area contributed by atoms with Gasteiger partial charge >= 0.3 is 12.0 Å². The van der Waals surface area contributed by atoms with Gasteiger partial charge in [-0.15, -0.1) is 11.3 Å². The minimum Gasteiger partial charge on any atom is -0.481 e. The number of urea groups is 1. The molecule has 2 heterocycles. The van der Waals surface area contributed by atoms with Crippen LogP contribution >= 0.6 is 11.3 Å². The molecule has 0 radical (unpaired) electrons. The smallest absolute Gasteiger partial charge is 0.317 e. The summed E-state index contributed by atoms with van der Waals surface area (Å²) >= 11 is 1.59. The molecule has 0 bridgehead atoms. The molecule has 2 N–H and O–H groups in total. The van der Waals surface area contributed by atoms with Crippen LogP contribution in [0.3, 0.4) is 0 Å². The van der Waals surface area contributed by atoms with Crippen molar-refractivity contribution >= 4 is 23.3 Å². The van der Waals surface area contributed by atoms with E-state index in [1.807, 2.05) is 44.2 Å². The van der Waals surface area contributed by atoms with Gasteiger partial charge in [0.05, 0.1) is 22.0 Å². The fraction of sp³-hybridized carbons (Fsp3) is 0.476. The van der Waals surface area contributed by atoms with E-state index in [-0.39, 0.29) is 18.0 Å². The van der Waals surface area contributed by atoms with E-state index in [0.717, 1.165) is 34.0 Å². The predicted molar refractivity (Wildman–Crippen MR) is 108 cm³/mol. The SMILES string of the molecule is Cc1nc(-c2ccccc2)sc1C(C)NC(=O)N1C[C@@H]2CCC[C@@]2(C(=O)O)C1. The number of hydrogen-bond acceptors (Lipinski definition) is 4. The van der Waals surface area contributed by atoms with Crippen LogP contribution in [0.2, 0.25) is 0 Å². The first-order valence-electron chi connectivity index (χ1n) is 9.72. The molecule has 148 valence electrons. The molecule has 2 amide bonds. The van der Waals surface area contributed by atoms with Crippen LogP contribution in [0.5, 0.6) is 0 Å². The lowest BCUT2D eigenvalue weighted by atomic mass is 9.81. The predicted octanol–water partition coefficient (Wildman–Crippen LogP) is 4.08. The lowest BCUT2D eigenvalue weighted by Gasteiger charge is -2.24. The minimum absolute atomic E-state index is 0.0703. The molecule has 1 saturated heterocycles. The molecule has 1 aliphatic carbocycles. The van der Waals surface area contributed by atoms with Gasteiger partial charge < -0.3 is 15.3 Å². The van der Waals surface area contributed by atoms with Gasteiger partial charge in [0.2, 0.25) is 0 Å². The quantitative estimate of drug-likeness (QED) is 0.812. The van der Waals surface area contributed by atoms with Gasteiger partial charge in [-0.3, -0.25) is 4.79 Å². The molecular weight excluding hydrogens is 374 g/mol. The summed E-state index contributed by atoms with van der Waals surface area (Å²) in [4.78, 5) is 32.0. The third-order valence-electron chi connectivity index (χ3n) is 6.17. The van der Waals surface area contributed by atoms with Gasteiger partial charge in [-0.25, -0.2) is 9.78 Å². The van der Waals surface area contributed by atoms with Crippen molar-refractivity contribution in [1.82, 2.24) is 15.2 Å². The van der Waals surface area contributed by atoms with Crippen molar-refractivity contribution in [2.75, 3.05) is 13.1 Å². The summed E-state index contributed by atoms with van der Waals surface area (Å²) in [6.45, 7) is 4.75. The molecule has 1 unspecified atom stereocenters.